The third-order valence-electron chi connectivity index (χ3n) is 4.56. The molecule has 4 rings (SSSR count). The van der Waals surface area contributed by atoms with Crippen molar-refractivity contribution < 1.29 is 14.3 Å². The van der Waals surface area contributed by atoms with Crippen molar-refractivity contribution in [2.75, 3.05) is 38.3 Å². The number of nitrogens with one attached hydrogen (secondary N) is 1. The topological polar surface area (TPSA) is 89.5 Å². The van der Waals surface area contributed by atoms with E-state index in [0.717, 1.165) is 47.6 Å². The fourth-order valence-electron chi connectivity index (χ4n) is 3.19. The lowest BCUT2D eigenvalue weighted by Crippen LogP contribution is -2.36. The van der Waals surface area contributed by atoms with Crippen molar-refractivity contribution >= 4 is 22.4 Å². The van der Waals surface area contributed by atoms with Gasteiger partial charge in [-0.2, -0.15) is 0 Å². The Labute approximate surface area is 155 Å². The summed E-state index contributed by atoms with van der Waals surface area (Å²) in [6, 6.07) is 0. The van der Waals surface area contributed by atoms with E-state index in [9.17, 15) is 4.79 Å². The number of hydrogen-bond acceptors (Lipinski definition) is 8. The molecular weight excluding hydrogens is 354 g/mol. The smallest absolute Gasteiger partial charge is 0.221 e. The SMILES string of the molecule is COCc1ncc([C@@H]2CC(=O)NCc3nc(N4CCOCC4)sc32)cn1. The van der Waals surface area contributed by atoms with Crippen molar-refractivity contribution in [2.24, 2.45) is 0 Å². The predicted molar refractivity (Wildman–Crippen MR) is 96.2 cm³/mol. The van der Waals surface area contributed by atoms with Gasteiger partial charge in [0.05, 0.1) is 25.5 Å². The number of thiazole rings is 1. The maximum Gasteiger partial charge on any atom is 0.221 e. The number of fused-ring (bicyclic) bond motifs is 1. The Hall–Kier alpha value is -2.10. The molecule has 0 saturated carbocycles. The van der Waals surface area contributed by atoms with E-state index in [-0.39, 0.29) is 11.8 Å². The first kappa shape index (κ1) is 17.3. The molecule has 1 saturated heterocycles. The number of morpholine rings is 1. The molecule has 0 bridgehead atoms. The molecule has 0 aliphatic carbocycles. The van der Waals surface area contributed by atoms with Crippen LogP contribution in [0, 0.1) is 0 Å². The number of methoxy groups -OCH3 is 1. The summed E-state index contributed by atoms with van der Waals surface area (Å²) in [5.41, 5.74) is 1.87. The first-order valence-electron chi connectivity index (χ1n) is 8.63. The van der Waals surface area contributed by atoms with Gasteiger partial charge in [-0.25, -0.2) is 15.0 Å². The number of carbonyl (C=O) groups is 1. The highest BCUT2D eigenvalue weighted by Gasteiger charge is 2.30. The van der Waals surface area contributed by atoms with Crippen LogP contribution in [0.5, 0.6) is 0 Å². The Morgan fingerprint density at radius 1 is 1.35 bits per heavy atom. The number of nitrogens with zero attached hydrogens (tertiary/aromatic N) is 4. The molecule has 1 fully saturated rings. The molecule has 26 heavy (non-hydrogen) atoms. The van der Waals surface area contributed by atoms with Crippen molar-refractivity contribution in [3.05, 3.63) is 34.4 Å². The summed E-state index contributed by atoms with van der Waals surface area (Å²) in [5.74, 6) is 0.582. The number of hydrogen-bond donors (Lipinski definition) is 1. The molecule has 0 aromatic carbocycles. The zero-order valence-corrected chi connectivity index (χ0v) is 15.4. The quantitative estimate of drug-likeness (QED) is 0.855. The molecule has 4 heterocycles. The molecule has 9 heteroatoms. The fraction of sp³-hybridized carbons (Fsp3) is 0.529. The number of aromatic nitrogens is 3. The number of carbonyl (C=O) groups excluding carboxylic acids is 1. The van der Waals surface area contributed by atoms with Crippen molar-refractivity contribution in [3.63, 3.8) is 0 Å². The molecule has 2 aliphatic heterocycles. The first-order chi connectivity index (χ1) is 12.7. The van der Waals surface area contributed by atoms with Gasteiger partial charge in [0.15, 0.2) is 11.0 Å². The minimum absolute atomic E-state index is 0.0223. The van der Waals surface area contributed by atoms with Crippen LogP contribution >= 0.6 is 11.3 Å². The second-order valence-corrected chi connectivity index (χ2v) is 7.31. The third-order valence-corrected chi connectivity index (χ3v) is 5.83. The number of amides is 1. The fourth-order valence-corrected chi connectivity index (χ4v) is 4.45. The summed E-state index contributed by atoms with van der Waals surface area (Å²) in [4.78, 5) is 29.1. The molecule has 2 aromatic rings. The molecule has 1 N–H and O–H groups in total. The Kier molecular flexibility index (Phi) is 5.09. The number of ether oxygens (including phenoxy) is 2. The van der Waals surface area contributed by atoms with Gasteiger partial charge in [-0.1, -0.05) is 0 Å². The first-order valence-corrected chi connectivity index (χ1v) is 9.45. The van der Waals surface area contributed by atoms with Crippen molar-refractivity contribution in [1.82, 2.24) is 20.3 Å². The van der Waals surface area contributed by atoms with Gasteiger partial charge in [0.1, 0.15) is 6.61 Å². The van der Waals surface area contributed by atoms with E-state index >= 15 is 0 Å². The summed E-state index contributed by atoms with van der Waals surface area (Å²) in [7, 11) is 1.61. The summed E-state index contributed by atoms with van der Waals surface area (Å²) in [6.45, 7) is 3.97. The average molecular weight is 375 g/mol. The van der Waals surface area contributed by atoms with E-state index in [0.29, 0.717) is 25.4 Å². The zero-order chi connectivity index (χ0) is 17.9. The van der Waals surface area contributed by atoms with Crippen LogP contribution in [0.3, 0.4) is 0 Å². The van der Waals surface area contributed by atoms with Crippen LogP contribution in [0.1, 0.15) is 34.3 Å². The summed E-state index contributed by atoms with van der Waals surface area (Å²) >= 11 is 1.66. The van der Waals surface area contributed by atoms with Crippen LogP contribution in [-0.4, -0.2) is 54.3 Å². The van der Waals surface area contributed by atoms with Crippen molar-refractivity contribution in [3.8, 4) is 0 Å². The van der Waals surface area contributed by atoms with Gasteiger partial charge in [0.25, 0.3) is 0 Å². The van der Waals surface area contributed by atoms with Crippen LogP contribution in [-0.2, 0) is 27.4 Å². The minimum atomic E-state index is -0.0728. The molecular formula is C17H21N5O3S. The maximum absolute atomic E-state index is 12.2. The molecule has 0 unspecified atom stereocenters. The van der Waals surface area contributed by atoms with E-state index in [4.69, 9.17) is 14.5 Å². The van der Waals surface area contributed by atoms with Gasteiger partial charge in [-0.15, -0.1) is 11.3 Å². The largest absolute Gasteiger partial charge is 0.378 e. The van der Waals surface area contributed by atoms with E-state index in [1.165, 1.54) is 0 Å². The summed E-state index contributed by atoms with van der Waals surface area (Å²) < 4.78 is 10.5. The van der Waals surface area contributed by atoms with E-state index in [1.807, 2.05) is 0 Å². The monoisotopic (exact) mass is 375 g/mol. The molecule has 138 valence electrons. The van der Waals surface area contributed by atoms with E-state index < -0.39 is 0 Å². The van der Waals surface area contributed by atoms with Crippen LogP contribution in [0.2, 0.25) is 0 Å². The number of rotatable bonds is 4. The molecule has 2 aromatic heterocycles. The normalized spacial score (nSPS) is 20.4. The molecule has 1 amide bonds. The lowest BCUT2D eigenvalue weighted by molar-refractivity contribution is -0.121. The van der Waals surface area contributed by atoms with Gasteiger partial charge < -0.3 is 19.7 Å². The van der Waals surface area contributed by atoms with Crippen LogP contribution in [0.15, 0.2) is 12.4 Å². The zero-order valence-electron chi connectivity index (χ0n) is 14.6. The van der Waals surface area contributed by atoms with Crippen LogP contribution in [0.25, 0.3) is 0 Å². The van der Waals surface area contributed by atoms with Gasteiger partial charge in [0.2, 0.25) is 5.91 Å². The van der Waals surface area contributed by atoms with E-state index in [1.54, 1.807) is 30.8 Å². The second kappa shape index (κ2) is 7.65. The van der Waals surface area contributed by atoms with Gasteiger partial charge in [-0.3, -0.25) is 4.79 Å². The highest BCUT2D eigenvalue weighted by Crippen LogP contribution is 2.39. The van der Waals surface area contributed by atoms with Crippen molar-refractivity contribution in [2.45, 2.75) is 25.5 Å². The van der Waals surface area contributed by atoms with Crippen LogP contribution < -0.4 is 10.2 Å². The molecule has 0 spiro atoms. The Balaban J connectivity index is 1.65. The Bertz CT molecular complexity index is 773. The summed E-state index contributed by atoms with van der Waals surface area (Å²) in [5, 5.41) is 3.95. The van der Waals surface area contributed by atoms with Gasteiger partial charge in [-0.05, 0) is 5.56 Å². The lowest BCUT2D eigenvalue weighted by atomic mass is 9.96. The molecule has 8 nitrogen and oxygen atoms in total. The highest BCUT2D eigenvalue weighted by atomic mass is 32.1. The summed E-state index contributed by atoms with van der Waals surface area (Å²) in [6.07, 6.45) is 3.97. The Morgan fingerprint density at radius 2 is 2.12 bits per heavy atom. The van der Waals surface area contributed by atoms with Crippen molar-refractivity contribution in [1.29, 1.82) is 0 Å². The second-order valence-electron chi connectivity index (χ2n) is 6.31. The van der Waals surface area contributed by atoms with Gasteiger partial charge in [0, 0.05) is 49.8 Å². The lowest BCUT2D eigenvalue weighted by Gasteiger charge is -2.26. The highest BCUT2D eigenvalue weighted by molar-refractivity contribution is 7.15. The molecule has 0 radical (unpaired) electrons. The predicted octanol–water partition coefficient (Wildman–Crippen LogP) is 1.07. The molecule has 1 atom stereocenters. The third kappa shape index (κ3) is 3.55. The molecule has 2 aliphatic rings. The minimum Gasteiger partial charge on any atom is -0.378 e. The maximum atomic E-state index is 12.2. The van der Waals surface area contributed by atoms with Gasteiger partial charge >= 0.3 is 0 Å². The number of anilines is 1. The average Bonchev–Trinajstić information content (AvgIpc) is 3.04. The van der Waals surface area contributed by atoms with Crippen LogP contribution in [0.4, 0.5) is 5.13 Å². The van der Waals surface area contributed by atoms with E-state index in [2.05, 4.69) is 20.2 Å². The Morgan fingerprint density at radius 3 is 2.85 bits per heavy atom. The standard InChI is InChI=1S/C17H21N5O3S/c1-24-10-14-18-7-11(8-19-14)12-6-15(23)20-9-13-16(12)26-17(21-13)22-2-4-25-5-3-22/h7-8,12H,2-6,9-10H2,1H3,(H,20,23)/t12-/m0/s1.